The average Bonchev–Trinajstić information content (AvgIpc) is 3.15. The van der Waals surface area contributed by atoms with Crippen molar-refractivity contribution >= 4 is 23.2 Å². The fourth-order valence-corrected chi connectivity index (χ4v) is 4.52. The van der Waals surface area contributed by atoms with Crippen LogP contribution in [-0.4, -0.2) is 47.5 Å². The fraction of sp³-hybridized carbons (Fsp3) is 0.500. The molecular formula is C18H22N4O2S. The monoisotopic (exact) mass is 358 g/mol. The zero-order valence-electron chi connectivity index (χ0n) is 14.4. The number of carbonyl (C=O) groups is 1. The molecule has 1 unspecified atom stereocenters. The molecule has 0 N–H and O–H groups in total. The second-order valence-corrected chi connectivity index (χ2v) is 7.59. The van der Waals surface area contributed by atoms with Gasteiger partial charge in [0.25, 0.3) is 0 Å². The standard InChI is InChI=1S/C18H22N4O2S/c1-24-15-9-19-18(20-10-15)22-6-2-3-14(12-22)17(23)21-7-4-16-13(11-21)5-8-25-16/h5,8-10,14H,2-4,6-7,11-12H2,1H3. The van der Waals surface area contributed by atoms with Gasteiger partial charge in [0.1, 0.15) is 0 Å². The molecule has 2 aromatic heterocycles. The number of anilines is 1. The Balaban J connectivity index is 1.43. The highest BCUT2D eigenvalue weighted by Crippen LogP contribution is 2.28. The molecule has 0 bridgehead atoms. The van der Waals surface area contributed by atoms with Crippen molar-refractivity contribution in [3.8, 4) is 5.75 Å². The van der Waals surface area contributed by atoms with Crippen molar-refractivity contribution in [3.05, 3.63) is 34.3 Å². The first-order chi connectivity index (χ1) is 12.2. The average molecular weight is 358 g/mol. The van der Waals surface area contributed by atoms with Crippen LogP contribution < -0.4 is 9.64 Å². The van der Waals surface area contributed by atoms with Gasteiger partial charge in [0.05, 0.1) is 25.4 Å². The van der Waals surface area contributed by atoms with Crippen LogP contribution in [0.3, 0.4) is 0 Å². The molecule has 25 heavy (non-hydrogen) atoms. The Bertz CT molecular complexity index is 746. The quantitative estimate of drug-likeness (QED) is 0.843. The summed E-state index contributed by atoms with van der Waals surface area (Å²) in [6.07, 6.45) is 6.27. The maximum absolute atomic E-state index is 13.0. The number of thiophene rings is 1. The molecule has 6 nitrogen and oxygen atoms in total. The maximum Gasteiger partial charge on any atom is 0.227 e. The van der Waals surface area contributed by atoms with Crippen LogP contribution in [-0.2, 0) is 17.8 Å². The van der Waals surface area contributed by atoms with E-state index in [-0.39, 0.29) is 11.8 Å². The van der Waals surface area contributed by atoms with Crippen LogP contribution in [0.5, 0.6) is 5.75 Å². The van der Waals surface area contributed by atoms with Crippen molar-refractivity contribution in [2.24, 2.45) is 5.92 Å². The van der Waals surface area contributed by atoms with Crippen LogP contribution in [0.25, 0.3) is 0 Å². The van der Waals surface area contributed by atoms with E-state index in [9.17, 15) is 4.79 Å². The molecule has 1 saturated heterocycles. The summed E-state index contributed by atoms with van der Waals surface area (Å²) in [6, 6.07) is 2.15. The number of amides is 1. The lowest BCUT2D eigenvalue weighted by Gasteiger charge is -2.36. The van der Waals surface area contributed by atoms with E-state index in [1.807, 2.05) is 4.90 Å². The summed E-state index contributed by atoms with van der Waals surface area (Å²) in [6.45, 7) is 3.18. The fourth-order valence-electron chi connectivity index (χ4n) is 3.63. The summed E-state index contributed by atoms with van der Waals surface area (Å²) in [5, 5.41) is 2.13. The molecule has 1 atom stereocenters. The number of carbonyl (C=O) groups excluding carboxylic acids is 1. The van der Waals surface area contributed by atoms with Crippen LogP contribution >= 0.6 is 11.3 Å². The smallest absolute Gasteiger partial charge is 0.227 e. The Kier molecular flexibility index (Phi) is 4.57. The Morgan fingerprint density at radius 3 is 2.96 bits per heavy atom. The van der Waals surface area contributed by atoms with Gasteiger partial charge in [-0.05, 0) is 36.3 Å². The van der Waals surface area contributed by atoms with Crippen molar-refractivity contribution in [1.82, 2.24) is 14.9 Å². The van der Waals surface area contributed by atoms with Gasteiger partial charge in [-0.2, -0.15) is 0 Å². The Morgan fingerprint density at radius 1 is 1.32 bits per heavy atom. The summed E-state index contributed by atoms with van der Waals surface area (Å²) < 4.78 is 5.11. The lowest BCUT2D eigenvalue weighted by molar-refractivity contribution is -0.136. The number of ether oxygens (including phenoxy) is 1. The topological polar surface area (TPSA) is 58.6 Å². The molecule has 0 aliphatic carbocycles. The van der Waals surface area contributed by atoms with Gasteiger partial charge in [-0.3, -0.25) is 4.79 Å². The Morgan fingerprint density at radius 2 is 2.16 bits per heavy atom. The SMILES string of the molecule is COc1cnc(N2CCCC(C(=O)N3CCc4sccc4C3)C2)nc1. The number of aromatic nitrogens is 2. The normalized spacial score (nSPS) is 20.3. The molecule has 132 valence electrons. The van der Waals surface area contributed by atoms with Crippen LogP contribution in [0, 0.1) is 5.92 Å². The molecule has 2 aromatic rings. The van der Waals surface area contributed by atoms with Gasteiger partial charge in [-0.25, -0.2) is 9.97 Å². The van der Waals surface area contributed by atoms with Crippen LogP contribution in [0.4, 0.5) is 5.95 Å². The van der Waals surface area contributed by atoms with Gasteiger partial charge in [-0.1, -0.05) is 0 Å². The van der Waals surface area contributed by atoms with E-state index in [1.165, 1.54) is 10.4 Å². The van der Waals surface area contributed by atoms with Crippen molar-refractivity contribution in [2.45, 2.75) is 25.8 Å². The molecule has 2 aliphatic rings. The van der Waals surface area contributed by atoms with E-state index in [4.69, 9.17) is 4.74 Å². The van der Waals surface area contributed by atoms with Crippen molar-refractivity contribution in [3.63, 3.8) is 0 Å². The molecule has 7 heteroatoms. The zero-order valence-corrected chi connectivity index (χ0v) is 15.2. The first-order valence-electron chi connectivity index (χ1n) is 8.69. The lowest BCUT2D eigenvalue weighted by atomic mass is 9.95. The van der Waals surface area contributed by atoms with E-state index < -0.39 is 0 Å². The molecule has 0 radical (unpaired) electrons. The highest BCUT2D eigenvalue weighted by Gasteiger charge is 2.32. The minimum Gasteiger partial charge on any atom is -0.494 e. The highest BCUT2D eigenvalue weighted by molar-refractivity contribution is 7.10. The molecular weight excluding hydrogens is 336 g/mol. The summed E-state index contributed by atoms with van der Waals surface area (Å²) in [5.74, 6) is 1.63. The predicted octanol–water partition coefficient (Wildman–Crippen LogP) is 2.35. The molecule has 4 heterocycles. The number of methoxy groups -OCH3 is 1. The van der Waals surface area contributed by atoms with Crippen molar-refractivity contribution in [2.75, 3.05) is 31.6 Å². The van der Waals surface area contributed by atoms with E-state index in [1.54, 1.807) is 30.8 Å². The number of rotatable bonds is 3. The van der Waals surface area contributed by atoms with E-state index in [2.05, 4.69) is 26.3 Å². The highest BCUT2D eigenvalue weighted by atomic mass is 32.1. The van der Waals surface area contributed by atoms with E-state index >= 15 is 0 Å². The third-order valence-electron chi connectivity index (χ3n) is 5.02. The third-order valence-corrected chi connectivity index (χ3v) is 6.05. The molecule has 0 spiro atoms. The van der Waals surface area contributed by atoms with Crippen molar-refractivity contribution in [1.29, 1.82) is 0 Å². The van der Waals surface area contributed by atoms with Crippen LogP contribution in [0.2, 0.25) is 0 Å². The molecule has 2 aliphatic heterocycles. The second-order valence-electron chi connectivity index (χ2n) is 6.59. The van der Waals surface area contributed by atoms with Crippen molar-refractivity contribution < 1.29 is 9.53 Å². The minimum atomic E-state index is 0.0274. The van der Waals surface area contributed by atoms with Gasteiger partial charge in [0.15, 0.2) is 5.75 Å². The molecule has 1 amide bonds. The number of nitrogens with zero attached hydrogens (tertiary/aromatic N) is 4. The van der Waals surface area contributed by atoms with Gasteiger partial charge in [0, 0.05) is 31.1 Å². The summed E-state index contributed by atoms with van der Waals surface area (Å²) in [7, 11) is 1.60. The van der Waals surface area contributed by atoms with E-state index in [0.29, 0.717) is 18.2 Å². The van der Waals surface area contributed by atoms with Gasteiger partial charge in [0.2, 0.25) is 11.9 Å². The minimum absolute atomic E-state index is 0.0274. The number of hydrogen-bond acceptors (Lipinski definition) is 6. The number of piperidine rings is 1. The summed E-state index contributed by atoms with van der Waals surface area (Å²) in [5.41, 5.74) is 1.32. The first kappa shape index (κ1) is 16.3. The predicted molar refractivity (Wildman–Crippen MR) is 97.0 cm³/mol. The van der Waals surface area contributed by atoms with Gasteiger partial charge < -0.3 is 14.5 Å². The Labute approximate surface area is 151 Å². The summed E-state index contributed by atoms with van der Waals surface area (Å²) in [4.78, 5) is 27.3. The largest absolute Gasteiger partial charge is 0.494 e. The second kappa shape index (κ2) is 7.00. The maximum atomic E-state index is 13.0. The lowest BCUT2D eigenvalue weighted by Crippen LogP contribution is -2.46. The van der Waals surface area contributed by atoms with Gasteiger partial charge >= 0.3 is 0 Å². The Hall–Kier alpha value is -2.15. The zero-order chi connectivity index (χ0) is 17.2. The summed E-state index contributed by atoms with van der Waals surface area (Å²) >= 11 is 1.80. The van der Waals surface area contributed by atoms with Gasteiger partial charge in [-0.15, -0.1) is 11.3 Å². The molecule has 4 rings (SSSR count). The number of hydrogen-bond donors (Lipinski definition) is 0. The molecule has 1 fully saturated rings. The van der Waals surface area contributed by atoms with E-state index in [0.717, 1.165) is 38.9 Å². The third kappa shape index (κ3) is 3.33. The molecule has 0 saturated carbocycles. The molecule has 0 aromatic carbocycles. The van der Waals surface area contributed by atoms with Crippen LogP contribution in [0.15, 0.2) is 23.8 Å². The first-order valence-corrected chi connectivity index (χ1v) is 9.57. The number of fused-ring (bicyclic) bond motifs is 1. The van der Waals surface area contributed by atoms with Crippen LogP contribution in [0.1, 0.15) is 23.3 Å².